The molecule has 2 aromatic heterocycles. The van der Waals surface area contributed by atoms with E-state index in [2.05, 4.69) is 25.9 Å². The first-order valence-corrected chi connectivity index (χ1v) is 4.99. The van der Waals surface area contributed by atoms with Gasteiger partial charge in [-0.25, -0.2) is 9.97 Å². The van der Waals surface area contributed by atoms with Crippen molar-refractivity contribution in [2.24, 2.45) is 0 Å². The second-order valence-corrected chi connectivity index (χ2v) is 4.76. The molecule has 0 aliphatic rings. The normalized spacial score (nSPS) is 10.5. The van der Waals surface area contributed by atoms with E-state index in [4.69, 9.17) is 0 Å². The van der Waals surface area contributed by atoms with Gasteiger partial charge in [-0.3, -0.25) is 4.57 Å². The Kier molecular flexibility index (Phi) is 1.98. The molecule has 3 nitrogen and oxygen atoms in total. The van der Waals surface area contributed by atoms with E-state index in [1.807, 2.05) is 17.7 Å². The van der Waals surface area contributed by atoms with Crippen LogP contribution in [-0.2, 0) is 0 Å². The zero-order chi connectivity index (χ0) is 8.55. The molecule has 0 bridgehead atoms. The van der Waals surface area contributed by atoms with Crippen LogP contribution in [0.1, 0.15) is 5.69 Å². The van der Waals surface area contributed by atoms with E-state index < -0.39 is 0 Å². The maximum atomic E-state index is 4.19. The number of halogens is 1. The first-order chi connectivity index (χ1) is 5.75. The van der Waals surface area contributed by atoms with Gasteiger partial charge in [-0.05, 0) is 22.9 Å². The van der Waals surface area contributed by atoms with Crippen molar-refractivity contribution in [2.45, 2.75) is 6.92 Å². The summed E-state index contributed by atoms with van der Waals surface area (Å²) < 4.78 is 2.94. The zero-order valence-corrected chi connectivity index (χ0v) is 8.76. The van der Waals surface area contributed by atoms with Gasteiger partial charge in [-0.2, -0.15) is 0 Å². The number of hydrogen-bond acceptors (Lipinski definition) is 3. The summed E-state index contributed by atoms with van der Waals surface area (Å²) in [5.41, 5.74) is 1.00. The van der Waals surface area contributed by atoms with Crippen LogP contribution < -0.4 is 0 Å². The van der Waals surface area contributed by atoms with Crippen molar-refractivity contribution in [3.8, 4) is 5.13 Å². The molecule has 5 heteroatoms. The van der Waals surface area contributed by atoms with Gasteiger partial charge in [0, 0.05) is 6.20 Å². The third-order valence-corrected chi connectivity index (χ3v) is 2.89. The lowest BCUT2D eigenvalue weighted by atomic mass is 10.6. The first-order valence-electron chi connectivity index (χ1n) is 3.38. The highest BCUT2D eigenvalue weighted by molar-refractivity contribution is 9.11. The minimum Gasteiger partial charge on any atom is -0.282 e. The summed E-state index contributed by atoms with van der Waals surface area (Å²) in [7, 11) is 0. The maximum absolute atomic E-state index is 4.19. The molecule has 0 unspecified atom stereocenters. The number of nitrogens with zero attached hydrogens (tertiary/aromatic N) is 3. The van der Waals surface area contributed by atoms with Gasteiger partial charge in [0.15, 0.2) is 5.13 Å². The summed E-state index contributed by atoms with van der Waals surface area (Å²) in [5.74, 6) is 0. The van der Waals surface area contributed by atoms with Gasteiger partial charge >= 0.3 is 0 Å². The molecule has 0 saturated heterocycles. The van der Waals surface area contributed by atoms with Gasteiger partial charge in [-0.1, -0.05) is 11.3 Å². The van der Waals surface area contributed by atoms with Gasteiger partial charge in [0.2, 0.25) is 0 Å². The quantitative estimate of drug-likeness (QED) is 0.771. The Hall–Kier alpha value is -0.680. The van der Waals surface area contributed by atoms with Gasteiger partial charge in [-0.15, -0.1) is 0 Å². The molecule has 0 spiro atoms. The molecule has 2 rings (SSSR count). The van der Waals surface area contributed by atoms with Crippen LogP contribution in [0.25, 0.3) is 5.13 Å². The number of imidazole rings is 1. The largest absolute Gasteiger partial charge is 0.282 e. The Bertz CT molecular complexity index is 355. The van der Waals surface area contributed by atoms with E-state index in [0.717, 1.165) is 14.6 Å². The molecular weight excluding hydrogens is 238 g/mol. The molecule has 0 radical (unpaired) electrons. The Balaban J connectivity index is 2.43. The van der Waals surface area contributed by atoms with Crippen LogP contribution in [0.4, 0.5) is 0 Å². The SMILES string of the molecule is Cc1cn(-c2ncc(Br)s2)cn1. The number of thiazole rings is 1. The Morgan fingerprint density at radius 1 is 1.50 bits per heavy atom. The second-order valence-electron chi connectivity index (χ2n) is 2.37. The zero-order valence-electron chi connectivity index (χ0n) is 6.36. The van der Waals surface area contributed by atoms with Crippen molar-refractivity contribution in [1.29, 1.82) is 0 Å². The highest BCUT2D eigenvalue weighted by atomic mass is 79.9. The van der Waals surface area contributed by atoms with Crippen LogP contribution >= 0.6 is 27.3 Å². The average molecular weight is 244 g/mol. The lowest BCUT2D eigenvalue weighted by Gasteiger charge is -1.91. The molecular formula is C7H6BrN3S. The summed E-state index contributed by atoms with van der Waals surface area (Å²) in [6.45, 7) is 1.96. The van der Waals surface area contributed by atoms with E-state index in [1.165, 1.54) is 0 Å². The third kappa shape index (κ3) is 1.42. The van der Waals surface area contributed by atoms with Crippen molar-refractivity contribution in [1.82, 2.24) is 14.5 Å². The molecule has 0 atom stereocenters. The lowest BCUT2D eigenvalue weighted by molar-refractivity contribution is 1.03. The van der Waals surface area contributed by atoms with E-state index >= 15 is 0 Å². The molecule has 62 valence electrons. The molecule has 0 saturated carbocycles. The molecule has 0 amide bonds. The second kappa shape index (κ2) is 2.99. The van der Waals surface area contributed by atoms with Gasteiger partial charge in [0.1, 0.15) is 6.33 Å². The van der Waals surface area contributed by atoms with Crippen molar-refractivity contribution in [3.63, 3.8) is 0 Å². The number of hydrogen-bond donors (Lipinski definition) is 0. The average Bonchev–Trinajstić information content (AvgIpc) is 2.58. The summed E-state index contributed by atoms with van der Waals surface area (Å²) >= 11 is 4.94. The van der Waals surface area contributed by atoms with Crippen LogP contribution in [-0.4, -0.2) is 14.5 Å². The number of aromatic nitrogens is 3. The monoisotopic (exact) mass is 243 g/mol. The molecule has 12 heavy (non-hydrogen) atoms. The van der Waals surface area contributed by atoms with Crippen LogP contribution in [0.2, 0.25) is 0 Å². The Labute approximate surface area is 82.2 Å². The number of aryl methyl sites for hydroxylation is 1. The van der Waals surface area contributed by atoms with Crippen LogP contribution in [0.5, 0.6) is 0 Å². The van der Waals surface area contributed by atoms with Crippen molar-refractivity contribution in [2.75, 3.05) is 0 Å². The fraction of sp³-hybridized carbons (Fsp3) is 0.143. The maximum Gasteiger partial charge on any atom is 0.195 e. The first kappa shape index (κ1) is 7.94. The summed E-state index contributed by atoms with van der Waals surface area (Å²) in [5, 5.41) is 0.933. The van der Waals surface area contributed by atoms with Crippen LogP contribution in [0, 0.1) is 6.92 Å². The topological polar surface area (TPSA) is 30.7 Å². The van der Waals surface area contributed by atoms with Crippen molar-refractivity contribution in [3.05, 3.63) is 28.2 Å². The predicted molar refractivity (Wildman–Crippen MR) is 51.7 cm³/mol. The molecule has 0 N–H and O–H groups in total. The Morgan fingerprint density at radius 2 is 2.33 bits per heavy atom. The third-order valence-electron chi connectivity index (χ3n) is 1.40. The predicted octanol–water partition coefficient (Wildman–Crippen LogP) is 2.40. The van der Waals surface area contributed by atoms with E-state index in [0.29, 0.717) is 0 Å². The standard InChI is InChI=1S/C7H6BrN3S/c1-5-3-11(4-10-5)7-9-2-6(8)12-7/h2-4H,1H3. The van der Waals surface area contributed by atoms with Crippen LogP contribution in [0.3, 0.4) is 0 Å². The van der Waals surface area contributed by atoms with Gasteiger partial charge in [0.05, 0.1) is 15.7 Å². The molecule has 2 heterocycles. The molecule has 0 fully saturated rings. The summed E-state index contributed by atoms with van der Waals surface area (Å²) in [6.07, 6.45) is 5.50. The van der Waals surface area contributed by atoms with Crippen molar-refractivity contribution >= 4 is 27.3 Å². The smallest absolute Gasteiger partial charge is 0.195 e. The molecule has 0 aliphatic carbocycles. The van der Waals surface area contributed by atoms with Crippen molar-refractivity contribution < 1.29 is 0 Å². The molecule has 2 aromatic rings. The summed E-state index contributed by atoms with van der Waals surface area (Å²) in [4.78, 5) is 8.31. The minimum atomic E-state index is 0.933. The van der Waals surface area contributed by atoms with Crippen LogP contribution in [0.15, 0.2) is 22.5 Å². The van der Waals surface area contributed by atoms with E-state index in [1.54, 1.807) is 23.9 Å². The molecule has 0 aliphatic heterocycles. The molecule has 0 aromatic carbocycles. The number of rotatable bonds is 1. The summed E-state index contributed by atoms with van der Waals surface area (Å²) in [6, 6.07) is 0. The fourth-order valence-electron chi connectivity index (χ4n) is 0.891. The lowest BCUT2D eigenvalue weighted by Crippen LogP contribution is -1.86. The van der Waals surface area contributed by atoms with Gasteiger partial charge in [0.25, 0.3) is 0 Å². The Morgan fingerprint density at radius 3 is 2.83 bits per heavy atom. The highest BCUT2D eigenvalue weighted by Gasteiger charge is 2.01. The minimum absolute atomic E-state index is 0.933. The highest BCUT2D eigenvalue weighted by Crippen LogP contribution is 2.22. The fourth-order valence-corrected chi connectivity index (χ4v) is 2.02. The van der Waals surface area contributed by atoms with E-state index in [9.17, 15) is 0 Å². The van der Waals surface area contributed by atoms with E-state index in [-0.39, 0.29) is 0 Å². The van der Waals surface area contributed by atoms with Gasteiger partial charge < -0.3 is 0 Å².